The number of carbonyl (C=O) groups is 1. The van der Waals surface area contributed by atoms with Crippen LogP contribution in [0.3, 0.4) is 0 Å². The van der Waals surface area contributed by atoms with Crippen LogP contribution < -0.4 is 0.604 Å². The molecule has 0 heterocycles. The third-order valence-electron chi connectivity index (χ3n) is 4.04. The molecule has 0 saturated heterocycles. The average Bonchev–Trinajstić information content (AvgIpc) is 2.84. The molecule has 1 aliphatic rings. The van der Waals surface area contributed by atoms with Crippen LogP contribution in [0.5, 0.6) is 0 Å². The fourth-order valence-corrected chi connectivity index (χ4v) is 4.30. The molecule has 0 aliphatic heterocycles. The van der Waals surface area contributed by atoms with Crippen LogP contribution in [0.1, 0.15) is 37.7 Å². The number of aliphatic carboxylic acids is 1. The molecule has 1 N–H and O–H groups in total. The molecule has 1 aliphatic carbocycles. The Morgan fingerprint density at radius 1 is 1.28 bits per heavy atom. The number of hydrogen-bond donors (Lipinski definition) is 1. The van der Waals surface area contributed by atoms with E-state index in [0.29, 0.717) is 55.1 Å². The summed E-state index contributed by atoms with van der Waals surface area (Å²) in [7, 11) is 0. The molecule has 0 spiro atoms. The second-order valence-electron chi connectivity index (χ2n) is 5.61. The van der Waals surface area contributed by atoms with Crippen LogP contribution in [0.25, 0.3) is 0 Å². The molecule has 94 valence electrons. The maximum atomic E-state index is 11.4. The minimum atomic E-state index is -0.622. The van der Waals surface area contributed by atoms with E-state index in [1.807, 2.05) is 0 Å². The summed E-state index contributed by atoms with van der Waals surface area (Å²) in [6, 6.07) is 8.55. The summed E-state index contributed by atoms with van der Waals surface area (Å²) >= 11 is 0.408. The van der Waals surface area contributed by atoms with Crippen molar-refractivity contribution in [1.82, 2.24) is 0 Å². The van der Waals surface area contributed by atoms with Crippen molar-refractivity contribution in [3.05, 3.63) is 29.8 Å². The summed E-state index contributed by atoms with van der Waals surface area (Å²) in [4.78, 5) is 11.4. The summed E-state index contributed by atoms with van der Waals surface area (Å²) in [5, 5.41) is 9.36. The van der Waals surface area contributed by atoms with Crippen LogP contribution in [-0.4, -0.2) is 11.1 Å². The molecule has 2 rings (SSSR count). The van der Waals surface area contributed by atoms with Gasteiger partial charge >= 0.3 is 139 Å². The molecule has 1 aromatic rings. The number of carboxylic acids is 1. The molecule has 0 aromatic heterocycles. The zero-order valence-corrected chi connectivity index (χ0v) is 19.3. The van der Waals surface area contributed by atoms with Gasteiger partial charge in [-0.3, -0.25) is 0 Å². The zero-order chi connectivity index (χ0) is 13.0. The monoisotopic (exact) mass is 458 g/mol. The van der Waals surface area contributed by atoms with Crippen LogP contribution >= 0.6 is 0 Å². The Morgan fingerprint density at radius 3 is 2.44 bits per heavy atom. The van der Waals surface area contributed by atoms with Gasteiger partial charge in [-0.05, 0) is 0 Å². The predicted octanol–water partition coefficient (Wildman–Crippen LogP) is 2.42. The van der Waals surface area contributed by atoms with Gasteiger partial charge in [-0.2, -0.15) is 0 Å². The van der Waals surface area contributed by atoms with Gasteiger partial charge in [0.25, 0.3) is 0 Å². The van der Waals surface area contributed by atoms with Gasteiger partial charge in [0, 0.05) is 0 Å². The van der Waals surface area contributed by atoms with E-state index in [1.54, 1.807) is 0 Å². The van der Waals surface area contributed by atoms with E-state index in [-0.39, 0.29) is 5.92 Å². The fraction of sp³-hybridized carbons (Fsp3) is 0.533. The van der Waals surface area contributed by atoms with E-state index < -0.39 is 5.97 Å². The second kappa shape index (κ2) is 7.08. The minimum absolute atomic E-state index is 0.193. The van der Waals surface area contributed by atoms with Gasteiger partial charge in [-0.15, -0.1) is 0 Å². The van der Waals surface area contributed by atoms with E-state index in [9.17, 15) is 9.90 Å². The zero-order valence-electron chi connectivity index (χ0n) is 11.1. The Balaban J connectivity index is 1.97. The number of carboxylic acid groups (broad SMARTS) is 1. The topological polar surface area (TPSA) is 37.3 Å². The van der Waals surface area contributed by atoms with Crippen molar-refractivity contribution >= 4 is 6.57 Å². The van der Waals surface area contributed by atoms with Gasteiger partial charge < -0.3 is 0 Å². The van der Waals surface area contributed by atoms with Crippen LogP contribution in [0.4, 0.5) is 0 Å². The van der Waals surface area contributed by atoms with Gasteiger partial charge in [-0.1, -0.05) is 0 Å². The van der Waals surface area contributed by atoms with Crippen molar-refractivity contribution in [1.29, 1.82) is 0 Å². The number of rotatable bonds is 5. The summed E-state index contributed by atoms with van der Waals surface area (Å²) in [5.74, 6) is -0.169. The van der Waals surface area contributed by atoms with E-state index in [1.165, 1.54) is 31.9 Å². The van der Waals surface area contributed by atoms with E-state index in [0.717, 1.165) is 6.42 Å². The Hall–Kier alpha value is 0.158. The van der Waals surface area contributed by atoms with Crippen LogP contribution in [0.2, 0.25) is 0 Å². The standard InChI is InChI=1S/C15H19O2.Ra.H/c16-15(17)14(11-13-8-4-5-9-13)10-12-6-2-1-3-7-12;;/h2-3,6-7,13-14H,4-5,8-11H2,(H,16,17);;. The summed E-state index contributed by atoms with van der Waals surface area (Å²) in [6.07, 6.45) is 6.59. The van der Waals surface area contributed by atoms with Crippen LogP contribution in [0.15, 0.2) is 24.3 Å². The van der Waals surface area contributed by atoms with Crippen LogP contribution in [-0.2, 0) is 11.2 Å². The third kappa shape index (κ3) is 4.37. The molecule has 0 radical (unpaired) electrons. The normalized spacial score (nSPS) is 17.7. The maximum absolute atomic E-state index is 11.4. The Kier molecular flexibility index (Phi) is 5.73. The van der Waals surface area contributed by atoms with Gasteiger partial charge in [0.15, 0.2) is 0 Å². The molecular weight excluding hydrogens is 438 g/mol. The average molecular weight is 458 g/mol. The number of benzene rings is 1. The number of hydrogen-bond acceptors (Lipinski definition) is 1. The molecular formula is C15H20O2Ra. The van der Waals surface area contributed by atoms with Gasteiger partial charge in [-0.25, -0.2) is 0 Å². The van der Waals surface area contributed by atoms with E-state index in [2.05, 4.69) is 24.3 Å². The first-order valence-electron chi connectivity index (χ1n) is 6.93. The summed E-state index contributed by atoms with van der Waals surface area (Å²) in [5.41, 5.74) is 1.18. The first kappa shape index (κ1) is 14.6. The molecule has 2 nitrogen and oxygen atoms in total. The SMILES string of the molecule is O=C(O)C(Cc1cc[c]([RaH])cc1)CC1CCCC1. The first-order valence-corrected chi connectivity index (χ1v) is 11.0. The third-order valence-corrected chi connectivity index (χ3v) is 6.78. The first-order chi connectivity index (χ1) is 8.65. The van der Waals surface area contributed by atoms with Crippen LogP contribution in [0, 0.1) is 54.6 Å². The van der Waals surface area contributed by atoms with E-state index >= 15 is 0 Å². The predicted molar refractivity (Wildman–Crippen MR) is 68.9 cm³/mol. The Bertz CT molecular complexity index is 393. The van der Waals surface area contributed by atoms with Gasteiger partial charge in [0.2, 0.25) is 0 Å². The quantitative estimate of drug-likeness (QED) is 0.736. The summed E-state index contributed by atoms with van der Waals surface area (Å²) in [6.45, 7) is 0. The molecule has 0 bridgehead atoms. The molecule has 18 heavy (non-hydrogen) atoms. The second-order valence-corrected chi connectivity index (χ2v) is 10.4. The molecule has 0 amide bonds. The molecule has 1 saturated carbocycles. The fourth-order valence-electron chi connectivity index (χ4n) is 2.93. The molecule has 1 atom stereocenters. The summed E-state index contributed by atoms with van der Waals surface area (Å²) < 4.78 is 1.45. The molecule has 1 unspecified atom stereocenters. The van der Waals surface area contributed by atoms with Crippen molar-refractivity contribution in [3.8, 4) is 0 Å². The van der Waals surface area contributed by atoms with E-state index in [4.69, 9.17) is 0 Å². The molecule has 1 fully saturated rings. The molecule has 1 aromatic carbocycles. The van der Waals surface area contributed by atoms with Crippen molar-refractivity contribution in [3.63, 3.8) is 0 Å². The van der Waals surface area contributed by atoms with Crippen molar-refractivity contribution < 1.29 is 52.7 Å². The Labute approximate surface area is 138 Å². The van der Waals surface area contributed by atoms with Gasteiger partial charge in [0.1, 0.15) is 0 Å². The molecule has 3 heteroatoms. The van der Waals surface area contributed by atoms with Gasteiger partial charge in [0.05, 0.1) is 0 Å². The Morgan fingerprint density at radius 2 is 1.89 bits per heavy atom. The van der Waals surface area contributed by atoms with Crippen molar-refractivity contribution in [2.24, 2.45) is 11.8 Å². The van der Waals surface area contributed by atoms with Crippen molar-refractivity contribution in [2.75, 3.05) is 0 Å². The van der Waals surface area contributed by atoms with Crippen molar-refractivity contribution in [2.45, 2.75) is 38.5 Å².